The first-order valence-corrected chi connectivity index (χ1v) is 12.0. The van der Waals surface area contributed by atoms with Gasteiger partial charge in [-0.15, -0.1) is 0 Å². The number of pyridine rings is 1. The minimum atomic E-state index is -4.32. The normalized spacial score (nSPS) is 30.5. The van der Waals surface area contributed by atoms with Crippen LogP contribution < -0.4 is 11.3 Å². The molecule has 0 bridgehead atoms. The molecule has 0 aliphatic carbocycles. The van der Waals surface area contributed by atoms with Gasteiger partial charge in [-0.1, -0.05) is 0 Å². The molecule has 20 heteroatoms. The van der Waals surface area contributed by atoms with E-state index in [1.165, 1.54) is 17.0 Å². The van der Waals surface area contributed by atoms with Crippen LogP contribution in [0.15, 0.2) is 17.2 Å². The van der Waals surface area contributed by atoms with E-state index < -0.39 is 54.4 Å². The van der Waals surface area contributed by atoms with E-state index in [0.717, 1.165) is 0 Å². The first-order chi connectivity index (χ1) is 14.0. The number of H-pyrrole nitrogens is 1. The molecule has 2 saturated heterocycles. The number of nitrogens with zero attached hydrogens (tertiary/aromatic N) is 2. The molecule has 16 nitrogen and oxygen atoms in total. The standard InChI is InChI=1S/C11H14N4O9P2.H3O3P.Y/c12-6-1-4-7(10(16)14-6)13-3-15(4)11-9-8(23-26(19,20)24-9)5(22-11)2-21-25(17)18;1-4(2)3;/h1,3,5,8-9,11,25H,2H2,(H,17,18)(H,19,20)(H3,12,14,16);4H,(H2,1,2,3);/t5-,8?,9?,11-;;/m1../s1. The summed E-state index contributed by atoms with van der Waals surface area (Å²) in [7, 11) is -10.7. The van der Waals surface area contributed by atoms with Crippen LogP contribution in [0.25, 0.3) is 11.0 Å². The first kappa shape index (κ1) is 26.9. The summed E-state index contributed by atoms with van der Waals surface area (Å²) in [6.07, 6.45) is -2.70. The molecule has 2 aliphatic heterocycles. The molecule has 0 saturated carbocycles. The topological polar surface area (TPSA) is 246 Å². The summed E-state index contributed by atoms with van der Waals surface area (Å²) in [5.41, 5.74) is 5.55. The van der Waals surface area contributed by atoms with Crippen LogP contribution in [0.1, 0.15) is 6.23 Å². The molecular formula is C11H17N4O12P3Y. The number of imidazole rings is 1. The monoisotopic (exact) mass is 579 g/mol. The summed E-state index contributed by atoms with van der Waals surface area (Å²) < 4.78 is 53.2. The third kappa shape index (κ3) is 6.39. The molecule has 2 aliphatic rings. The molecule has 4 unspecified atom stereocenters. The Morgan fingerprint density at radius 2 is 1.90 bits per heavy atom. The van der Waals surface area contributed by atoms with Gasteiger partial charge >= 0.3 is 24.3 Å². The number of ether oxygens (including phenoxy) is 1. The zero-order chi connectivity index (χ0) is 22.2. The molecule has 2 fully saturated rings. The molecule has 4 rings (SSSR count). The second-order valence-corrected chi connectivity index (χ2v) is 8.72. The van der Waals surface area contributed by atoms with Crippen molar-refractivity contribution in [2.75, 3.05) is 12.3 Å². The van der Waals surface area contributed by atoms with Crippen molar-refractivity contribution in [1.82, 2.24) is 14.5 Å². The van der Waals surface area contributed by atoms with Crippen LogP contribution in [0.3, 0.4) is 0 Å². The van der Waals surface area contributed by atoms with E-state index in [0.29, 0.717) is 5.52 Å². The summed E-state index contributed by atoms with van der Waals surface area (Å²) in [6.45, 7) is -0.356. The predicted molar refractivity (Wildman–Crippen MR) is 98.9 cm³/mol. The molecule has 2 aromatic rings. The molecule has 0 spiro atoms. The molecule has 4 heterocycles. The van der Waals surface area contributed by atoms with Gasteiger partial charge in [0.15, 0.2) is 11.7 Å². The van der Waals surface area contributed by atoms with Gasteiger partial charge in [-0.25, -0.2) is 9.55 Å². The van der Waals surface area contributed by atoms with Crippen LogP contribution in [-0.4, -0.2) is 59.0 Å². The Morgan fingerprint density at radius 1 is 1.29 bits per heavy atom. The zero-order valence-electron chi connectivity index (χ0n) is 15.2. The van der Waals surface area contributed by atoms with Crippen LogP contribution in [0.5, 0.6) is 0 Å². The van der Waals surface area contributed by atoms with Crippen molar-refractivity contribution in [3.8, 4) is 0 Å². The molecule has 7 N–H and O–H groups in total. The predicted octanol–water partition coefficient (Wildman–Crippen LogP) is -1.15. The van der Waals surface area contributed by atoms with E-state index >= 15 is 0 Å². The Labute approximate surface area is 199 Å². The van der Waals surface area contributed by atoms with Crippen molar-refractivity contribution >= 4 is 41.2 Å². The second kappa shape index (κ2) is 10.7. The Balaban J connectivity index is 0.000000631. The van der Waals surface area contributed by atoms with Crippen molar-refractivity contribution in [2.45, 2.75) is 24.5 Å². The first-order valence-electron chi connectivity index (χ1n) is 7.96. The number of nitrogens with one attached hydrogen (secondary N) is 1. The van der Waals surface area contributed by atoms with Crippen LogP contribution in [0.2, 0.25) is 0 Å². The maximum absolute atomic E-state index is 11.9. The quantitative estimate of drug-likeness (QED) is 0.234. The Morgan fingerprint density at radius 3 is 2.52 bits per heavy atom. The summed E-state index contributed by atoms with van der Waals surface area (Å²) in [5.74, 6) is 0.0916. The number of nitrogen functional groups attached to an aromatic ring is 1. The third-order valence-electron chi connectivity index (χ3n) is 4.04. The van der Waals surface area contributed by atoms with E-state index in [-0.39, 0.29) is 50.7 Å². The van der Waals surface area contributed by atoms with E-state index in [4.69, 9.17) is 38.8 Å². The number of nitrogens with two attached hydrogens (primary N) is 1. The van der Waals surface area contributed by atoms with Crippen molar-refractivity contribution in [1.29, 1.82) is 0 Å². The van der Waals surface area contributed by atoms with Gasteiger partial charge in [0.25, 0.3) is 5.56 Å². The number of hydrogen-bond acceptors (Lipinski definition) is 10. The summed E-state index contributed by atoms with van der Waals surface area (Å²) in [4.78, 5) is 51.1. The summed E-state index contributed by atoms with van der Waals surface area (Å²) >= 11 is 0. The van der Waals surface area contributed by atoms with Crippen LogP contribution in [0, 0.1) is 0 Å². The van der Waals surface area contributed by atoms with E-state index in [9.17, 15) is 18.8 Å². The average molecular weight is 579 g/mol. The van der Waals surface area contributed by atoms with E-state index in [1.807, 2.05) is 0 Å². The molecule has 171 valence electrons. The van der Waals surface area contributed by atoms with Crippen LogP contribution >= 0.6 is 24.3 Å². The Kier molecular flexibility index (Phi) is 9.34. The number of aromatic nitrogens is 3. The molecule has 2 aromatic heterocycles. The fraction of sp³-hybridized carbons (Fsp3) is 0.455. The van der Waals surface area contributed by atoms with E-state index in [1.54, 1.807) is 0 Å². The van der Waals surface area contributed by atoms with Crippen molar-refractivity contribution in [3.63, 3.8) is 0 Å². The van der Waals surface area contributed by atoms with Gasteiger partial charge in [-0.2, -0.15) is 0 Å². The maximum Gasteiger partial charge on any atom is 0.473 e. The SMILES string of the molecule is Nc1cc2c(ncn2[C@@H]2O[C@H](CO[PH](=O)O)C3OP(=O)(O)OC32)c(=O)[nH]1.O=[PH](O)O.[Y]. The number of aromatic amines is 1. The zero-order valence-corrected chi connectivity index (χ0v) is 21.0. The molecular weight excluding hydrogens is 562 g/mol. The second-order valence-electron chi connectivity index (χ2n) is 5.97. The number of phosphoric ester groups is 1. The fourth-order valence-corrected chi connectivity index (χ4v) is 4.51. The number of fused-ring (bicyclic) bond motifs is 2. The van der Waals surface area contributed by atoms with Gasteiger partial charge in [0, 0.05) is 38.8 Å². The molecule has 0 aromatic carbocycles. The van der Waals surface area contributed by atoms with Gasteiger partial charge in [0.05, 0.1) is 18.5 Å². The third-order valence-corrected chi connectivity index (χ3v) is 5.47. The minimum absolute atomic E-state index is 0. The fourth-order valence-electron chi connectivity index (χ4n) is 3.06. The average Bonchev–Trinajstić information content (AvgIpc) is 3.23. The molecule has 6 atom stereocenters. The van der Waals surface area contributed by atoms with Gasteiger partial charge in [-0.3, -0.25) is 23.0 Å². The number of hydrogen-bond donors (Lipinski definition) is 6. The van der Waals surface area contributed by atoms with Crippen molar-refractivity contribution in [3.05, 3.63) is 22.7 Å². The number of phosphoric acid groups is 1. The summed E-state index contributed by atoms with van der Waals surface area (Å²) in [6, 6.07) is 1.45. The van der Waals surface area contributed by atoms with Crippen LogP contribution in [0.4, 0.5) is 5.82 Å². The number of anilines is 1. The Hall–Kier alpha value is -0.306. The molecule has 0 amide bonds. The maximum atomic E-state index is 11.9. The van der Waals surface area contributed by atoms with E-state index in [2.05, 4.69) is 14.5 Å². The number of rotatable bonds is 4. The molecule has 1 radical (unpaired) electrons. The van der Waals surface area contributed by atoms with Crippen molar-refractivity contribution in [2.24, 2.45) is 0 Å². The van der Waals surface area contributed by atoms with Gasteiger partial charge in [0.1, 0.15) is 24.1 Å². The molecule has 31 heavy (non-hydrogen) atoms. The Bertz CT molecular complexity index is 1090. The van der Waals surface area contributed by atoms with Crippen molar-refractivity contribution < 1.29 is 84.3 Å². The van der Waals surface area contributed by atoms with Gasteiger partial charge < -0.3 is 44.1 Å². The smallest absolute Gasteiger partial charge is 0.385 e. The minimum Gasteiger partial charge on any atom is -0.385 e. The summed E-state index contributed by atoms with van der Waals surface area (Å²) in [5, 5.41) is 0. The van der Waals surface area contributed by atoms with Gasteiger partial charge in [0.2, 0.25) is 0 Å². The largest absolute Gasteiger partial charge is 0.473 e. The van der Waals surface area contributed by atoms with Gasteiger partial charge in [-0.05, 0) is 0 Å². The van der Waals surface area contributed by atoms with Crippen LogP contribution in [-0.2, 0) is 64.7 Å².